The summed E-state index contributed by atoms with van der Waals surface area (Å²) < 4.78 is 31.9. The van der Waals surface area contributed by atoms with Crippen molar-refractivity contribution in [1.29, 1.82) is 0 Å². The number of carbonyl (C=O) groups excluding carboxylic acids is 2. The minimum Gasteiger partial charge on any atom is -0.497 e. The number of benzene rings is 2. The Bertz CT molecular complexity index is 1150. The van der Waals surface area contributed by atoms with Crippen LogP contribution in [0, 0.1) is 13.8 Å². The maximum absolute atomic E-state index is 13.7. The molecule has 0 aromatic heterocycles. The van der Waals surface area contributed by atoms with Crippen LogP contribution in [0.15, 0.2) is 42.5 Å². The highest BCUT2D eigenvalue weighted by Crippen LogP contribution is 2.25. The Morgan fingerprint density at radius 1 is 1.09 bits per heavy atom. The quantitative estimate of drug-likeness (QED) is 0.507. The van der Waals surface area contributed by atoms with E-state index in [1.54, 1.807) is 25.3 Å². The topological polar surface area (TPSA) is 96.0 Å². The molecular formula is C26H37N3O5S. The van der Waals surface area contributed by atoms with E-state index in [9.17, 15) is 18.0 Å². The molecule has 0 fully saturated rings. The average Bonchev–Trinajstić information content (AvgIpc) is 2.76. The number of rotatable bonds is 11. The van der Waals surface area contributed by atoms with E-state index < -0.39 is 28.5 Å². The standard InChI is InChI=1S/C26H37N3O5S/c1-8-23(26(31)27-18(2)3)28(16-21-10-9-11-22(15-21)34-6)25(30)17-29(35(7,32)33)24-13-12-19(4)14-20(24)5/h9-15,18,23H,8,16-17H2,1-7H3,(H,27,31)/t23-/m1/s1. The summed E-state index contributed by atoms with van der Waals surface area (Å²) in [6.45, 7) is 8.97. The second-order valence-electron chi connectivity index (χ2n) is 9.02. The Labute approximate surface area is 209 Å². The number of hydrogen-bond donors (Lipinski definition) is 1. The van der Waals surface area contributed by atoms with Crippen molar-refractivity contribution in [2.75, 3.05) is 24.2 Å². The average molecular weight is 504 g/mol. The first-order valence-electron chi connectivity index (χ1n) is 11.6. The molecule has 0 bridgehead atoms. The van der Waals surface area contributed by atoms with Crippen molar-refractivity contribution in [3.8, 4) is 5.75 Å². The van der Waals surface area contributed by atoms with Gasteiger partial charge in [-0.05, 0) is 63.4 Å². The molecule has 0 aliphatic heterocycles. The maximum atomic E-state index is 13.7. The highest BCUT2D eigenvalue weighted by atomic mass is 32.2. The molecule has 0 aliphatic rings. The molecule has 0 heterocycles. The van der Waals surface area contributed by atoms with Gasteiger partial charge < -0.3 is 15.0 Å². The summed E-state index contributed by atoms with van der Waals surface area (Å²) in [5.74, 6) is -0.122. The third kappa shape index (κ3) is 7.71. The van der Waals surface area contributed by atoms with Crippen molar-refractivity contribution < 1.29 is 22.7 Å². The van der Waals surface area contributed by atoms with E-state index in [1.165, 1.54) is 4.90 Å². The predicted molar refractivity (Wildman–Crippen MR) is 139 cm³/mol. The summed E-state index contributed by atoms with van der Waals surface area (Å²) in [5.41, 5.74) is 2.94. The molecule has 0 spiro atoms. The van der Waals surface area contributed by atoms with Crippen LogP contribution in [0.25, 0.3) is 0 Å². The first-order valence-corrected chi connectivity index (χ1v) is 13.5. The maximum Gasteiger partial charge on any atom is 0.244 e. The van der Waals surface area contributed by atoms with Crippen LogP contribution in [0.1, 0.15) is 43.9 Å². The fourth-order valence-electron chi connectivity index (χ4n) is 3.95. The Morgan fingerprint density at radius 3 is 2.31 bits per heavy atom. The van der Waals surface area contributed by atoms with Crippen molar-refractivity contribution >= 4 is 27.5 Å². The molecule has 9 heteroatoms. The molecule has 2 aromatic rings. The number of anilines is 1. The van der Waals surface area contributed by atoms with Crippen LogP contribution in [0.2, 0.25) is 0 Å². The Kier molecular flexibility index (Phi) is 9.71. The molecule has 0 saturated heterocycles. The summed E-state index contributed by atoms with van der Waals surface area (Å²) in [6, 6.07) is 11.8. The normalized spacial score (nSPS) is 12.2. The van der Waals surface area contributed by atoms with Gasteiger partial charge in [0.05, 0.1) is 19.1 Å². The van der Waals surface area contributed by atoms with Crippen molar-refractivity contribution in [3.63, 3.8) is 0 Å². The molecule has 8 nitrogen and oxygen atoms in total. The van der Waals surface area contributed by atoms with Gasteiger partial charge in [-0.25, -0.2) is 8.42 Å². The van der Waals surface area contributed by atoms with Gasteiger partial charge in [0.2, 0.25) is 21.8 Å². The van der Waals surface area contributed by atoms with Gasteiger partial charge in [-0.15, -0.1) is 0 Å². The van der Waals surface area contributed by atoms with Crippen LogP contribution < -0.4 is 14.4 Å². The smallest absolute Gasteiger partial charge is 0.244 e. The van der Waals surface area contributed by atoms with Gasteiger partial charge in [0.15, 0.2) is 0 Å². The second-order valence-corrected chi connectivity index (χ2v) is 10.9. The predicted octanol–water partition coefficient (Wildman–Crippen LogP) is 3.41. The van der Waals surface area contributed by atoms with Gasteiger partial charge >= 0.3 is 0 Å². The third-order valence-corrected chi connectivity index (χ3v) is 6.73. The molecule has 0 saturated carbocycles. The number of amides is 2. The summed E-state index contributed by atoms with van der Waals surface area (Å²) in [6.07, 6.45) is 1.45. The van der Waals surface area contributed by atoms with E-state index in [0.29, 0.717) is 17.9 Å². The van der Waals surface area contributed by atoms with Crippen LogP contribution >= 0.6 is 0 Å². The number of aryl methyl sites for hydroxylation is 2. The molecule has 2 amide bonds. The van der Waals surface area contributed by atoms with E-state index in [1.807, 2.05) is 58.9 Å². The van der Waals surface area contributed by atoms with Crippen molar-refractivity contribution in [3.05, 3.63) is 59.2 Å². The third-order valence-electron chi connectivity index (χ3n) is 5.60. The minimum absolute atomic E-state index is 0.104. The van der Waals surface area contributed by atoms with E-state index >= 15 is 0 Å². The van der Waals surface area contributed by atoms with E-state index in [-0.39, 0.29) is 18.5 Å². The molecule has 192 valence electrons. The zero-order valence-corrected chi connectivity index (χ0v) is 22.5. The lowest BCUT2D eigenvalue weighted by Gasteiger charge is -2.33. The van der Waals surface area contributed by atoms with Gasteiger partial charge in [0.1, 0.15) is 18.3 Å². The summed E-state index contributed by atoms with van der Waals surface area (Å²) in [5, 5.41) is 2.88. The Hall–Kier alpha value is -3.07. The van der Waals surface area contributed by atoms with Gasteiger partial charge in [-0.2, -0.15) is 0 Å². The van der Waals surface area contributed by atoms with Crippen LogP contribution in [-0.2, 0) is 26.2 Å². The number of sulfonamides is 1. The molecule has 0 unspecified atom stereocenters. The van der Waals surface area contributed by atoms with E-state index in [0.717, 1.165) is 27.3 Å². The Balaban J connectivity index is 2.49. The van der Waals surface area contributed by atoms with E-state index in [4.69, 9.17) is 4.74 Å². The zero-order chi connectivity index (χ0) is 26.3. The summed E-state index contributed by atoms with van der Waals surface area (Å²) in [4.78, 5) is 28.2. The lowest BCUT2D eigenvalue weighted by molar-refractivity contribution is -0.140. The highest BCUT2D eigenvalue weighted by molar-refractivity contribution is 7.92. The Morgan fingerprint density at radius 2 is 1.77 bits per heavy atom. The lowest BCUT2D eigenvalue weighted by atomic mass is 10.1. The van der Waals surface area contributed by atoms with Crippen molar-refractivity contribution in [2.45, 2.75) is 59.7 Å². The largest absolute Gasteiger partial charge is 0.497 e. The van der Waals surface area contributed by atoms with Crippen LogP contribution in [0.5, 0.6) is 5.75 Å². The first-order chi connectivity index (χ1) is 16.4. The summed E-state index contributed by atoms with van der Waals surface area (Å²) in [7, 11) is -2.22. The number of nitrogens with one attached hydrogen (secondary N) is 1. The molecule has 35 heavy (non-hydrogen) atoms. The fourth-order valence-corrected chi connectivity index (χ4v) is 4.85. The lowest BCUT2D eigenvalue weighted by Crippen LogP contribution is -2.53. The number of hydrogen-bond acceptors (Lipinski definition) is 5. The van der Waals surface area contributed by atoms with Gasteiger partial charge in [0, 0.05) is 12.6 Å². The number of ether oxygens (including phenoxy) is 1. The fraction of sp³-hybridized carbons (Fsp3) is 0.462. The SMILES string of the molecule is CC[C@H](C(=O)NC(C)C)N(Cc1cccc(OC)c1)C(=O)CN(c1ccc(C)cc1C)S(C)(=O)=O. The van der Waals surface area contributed by atoms with Gasteiger partial charge in [-0.1, -0.05) is 36.8 Å². The second kappa shape index (κ2) is 12.1. The van der Waals surface area contributed by atoms with Crippen LogP contribution in [0.4, 0.5) is 5.69 Å². The van der Waals surface area contributed by atoms with Crippen molar-refractivity contribution in [2.24, 2.45) is 0 Å². The molecule has 2 rings (SSSR count). The molecule has 1 atom stereocenters. The zero-order valence-electron chi connectivity index (χ0n) is 21.7. The summed E-state index contributed by atoms with van der Waals surface area (Å²) >= 11 is 0. The first kappa shape index (κ1) is 28.2. The number of methoxy groups -OCH3 is 1. The monoisotopic (exact) mass is 503 g/mol. The number of carbonyl (C=O) groups is 2. The van der Waals surface area contributed by atoms with Gasteiger partial charge in [0.25, 0.3) is 0 Å². The molecule has 2 aromatic carbocycles. The van der Waals surface area contributed by atoms with Gasteiger partial charge in [-0.3, -0.25) is 13.9 Å². The number of nitrogens with zero attached hydrogens (tertiary/aromatic N) is 2. The van der Waals surface area contributed by atoms with E-state index in [2.05, 4.69) is 5.32 Å². The van der Waals surface area contributed by atoms with Crippen LogP contribution in [-0.4, -0.2) is 57.1 Å². The highest BCUT2D eigenvalue weighted by Gasteiger charge is 2.32. The minimum atomic E-state index is -3.77. The molecular weight excluding hydrogens is 466 g/mol. The molecule has 0 aliphatic carbocycles. The molecule has 0 radical (unpaired) electrons. The molecule has 1 N–H and O–H groups in total. The van der Waals surface area contributed by atoms with Crippen LogP contribution in [0.3, 0.4) is 0 Å². The van der Waals surface area contributed by atoms with Crippen molar-refractivity contribution in [1.82, 2.24) is 10.2 Å².